The minimum Gasteiger partial charge on any atom is -0.454 e. The summed E-state index contributed by atoms with van der Waals surface area (Å²) in [6, 6.07) is 22.2. The van der Waals surface area contributed by atoms with Crippen LogP contribution in [0.15, 0.2) is 84.9 Å². The van der Waals surface area contributed by atoms with Crippen LogP contribution in [-0.4, -0.2) is 30.4 Å². The summed E-state index contributed by atoms with van der Waals surface area (Å²) in [6.07, 6.45) is 0.188. The lowest BCUT2D eigenvalue weighted by Crippen LogP contribution is -2.44. The van der Waals surface area contributed by atoms with E-state index in [4.69, 9.17) is 4.74 Å². The lowest BCUT2D eigenvalue weighted by molar-refractivity contribution is -0.149. The summed E-state index contributed by atoms with van der Waals surface area (Å²) in [6.45, 7) is -0.611. The van der Waals surface area contributed by atoms with Crippen molar-refractivity contribution in [3.8, 4) is 0 Å². The summed E-state index contributed by atoms with van der Waals surface area (Å²) in [5.74, 6) is -2.49. The number of hydrogen-bond donors (Lipinski definition) is 2. The molecule has 0 saturated heterocycles. The van der Waals surface area contributed by atoms with Crippen LogP contribution < -0.4 is 10.6 Å². The summed E-state index contributed by atoms with van der Waals surface area (Å²) >= 11 is 0. The molecule has 0 heterocycles. The van der Waals surface area contributed by atoms with E-state index in [9.17, 15) is 18.8 Å². The summed E-state index contributed by atoms with van der Waals surface area (Å²) in [4.78, 5) is 37.2. The van der Waals surface area contributed by atoms with Crippen LogP contribution in [0.4, 0.5) is 10.1 Å². The Bertz CT molecular complexity index is 1040. The fourth-order valence-electron chi connectivity index (χ4n) is 2.86. The van der Waals surface area contributed by atoms with E-state index in [2.05, 4.69) is 10.6 Å². The highest BCUT2D eigenvalue weighted by atomic mass is 19.1. The van der Waals surface area contributed by atoms with Crippen molar-refractivity contribution < 1.29 is 23.5 Å². The number of carbonyl (C=O) groups is 3. The molecule has 0 aromatic heterocycles. The number of rotatable bonds is 8. The van der Waals surface area contributed by atoms with E-state index >= 15 is 0 Å². The van der Waals surface area contributed by atoms with Crippen molar-refractivity contribution in [1.82, 2.24) is 5.32 Å². The van der Waals surface area contributed by atoms with E-state index in [1.807, 2.05) is 30.3 Å². The minimum absolute atomic E-state index is 0.0123. The lowest BCUT2D eigenvalue weighted by Gasteiger charge is -2.18. The van der Waals surface area contributed by atoms with Gasteiger partial charge in [0.05, 0.1) is 5.69 Å². The number of carbonyl (C=O) groups excluding carboxylic acids is 3. The molecule has 2 amide bonds. The molecule has 0 aliphatic rings. The first-order valence-electron chi connectivity index (χ1n) is 9.64. The van der Waals surface area contributed by atoms with Gasteiger partial charge in [0.15, 0.2) is 6.61 Å². The number of nitrogens with one attached hydrogen (secondary N) is 2. The third kappa shape index (κ3) is 6.50. The second-order valence-electron chi connectivity index (χ2n) is 6.72. The number of para-hydroxylation sites is 1. The molecule has 3 rings (SSSR count). The zero-order valence-electron chi connectivity index (χ0n) is 16.6. The first kappa shape index (κ1) is 21.7. The van der Waals surface area contributed by atoms with Crippen molar-refractivity contribution in [2.24, 2.45) is 0 Å². The third-order valence-corrected chi connectivity index (χ3v) is 4.40. The highest BCUT2D eigenvalue weighted by Crippen LogP contribution is 2.12. The van der Waals surface area contributed by atoms with E-state index < -0.39 is 36.2 Å². The Hall–Kier alpha value is -4.00. The maximum Gasteiger partial charge on any atom is 0.329 e. The largest absolute Gasteiger partial charge is 0.454 e. The zero-order valence-corrected chi connectivity index (χ0v) is 16.6. The van der Waals surface area contributed by atoms with Crippen LogP contribution in [0.25, 0.3) is 0 Å². The molecular weight excluding hydrogens is 399 g/mol. The van der Waals surface area contributed by atoms with Gasteiger partial charge in [-0.2, -0.15) is 0 Å². The summed E-state index contributed by atoms with van der Waals surface area (Å²) in [5, 5.41) is 5.00. The van der Waals surface area contributed by atoms with Crippen LogP contribution in [0.5, 0.6) is 0 Å². The second-order valence-corrected chi connectivity index (χ2v) is 6.72. The number of benzene rings is 3. The Morgan fingerprint density at radius 1 is 0.839 bits per heavy atom. The molecule has 0 bridgehead atoms. The highest BCUT2D eigenvalue weighted by molar-refractivity contribution is 5.97. The summed E-state index contributed by atoms with van der Waals surface area (Å²) in [5.41, 5.74) is 1.20. The molecule has 0 aliphatic carbocycles. The van der Waals surface area contributed by atoms with Crippen LogP contribution in [0, 0.1) is 5.82 Å². The van der Waals surface area contributed by atoms with Crippen molar-refractivity contribution in [2.75, 3.05) is 11.9 Å². The number of esters is 1. The van der Waals surface area contributed by atoms with Crippen molar-refractivity contribution in [3.05, 3.63) is 102 Å². The number of amides is 2. The molecule has 0 aliphatic heterocycles. The van der Waals surface area contributed by atoms with E-state index in [-0.39, 0.29) is 12.1 Å². The van der Waals surface area contributed by atoms with E-state index in [1.165, 1.54) is 18.2 Å². The minimum atomic E-state index is -1.00. The van der Waals surface area contributed by atoms with Gasteiger partial charge in [0.2, 0.25) is 0 Å². The molecule has 7 heteroatoms. The van der Waals surface area contributed by atoms with Gasteiger partial charge in [-0.1, -0.05) is 60.7 Å². The molecule has 2 N–H and O–H groups in total. The van der Waals surface area contributed by atoms with Crippen LogP contribution in [0.1, 0.15) is 15.9 Å². The monoisotopic (exact) mass is 420 g/mol. The molecule has 6 nitrogen and oxygen atoms in total. The number of ether oxygens (including phenoxy) is 1. The van der Waals surface area contributed by atoms with Gasteiger partial charge in [0.25, 0.3) is 11.8 Å². The predicted molar refractivity (Wildman–Crippen MR) is 114 cm³/mol. The molecule has 0 saturated carbocycles. The van der Waals surface area contributed by atoms with E-state index in [0.29, 0.717) is 5.56 Å². The van der Waals surface area contributed by atoms with Gasteiger partial charge in [-0.25, -0.2) is 9.18 Å². The van der Waals surface area contributed by atoms with Crippen molar-refractivity contribution in [1.29, 1.82) is 0 Å². The van der Waals surface area contributed by atoms with Gasteiger partial charge in [0, 0.05) is 12.0 Å². The van der Waals surface area contributed by atoms with Crippen LogP contribution in [0.3, 0.4) is 0 Å². The average molecular weight is 420 g/mol. The molecular formula is C24H21FN2O4. The molecule has 0 spiro atoms. The van der Waals surface area contributed by atoms with Crippen molar-refractivity contribution in [3.63, 3.8) is 0 Å². The standard InChI is InChI=1S/C24H21FN2O4/c25-19-13-7-8-14-20(19)26-22(28)16-31-24(30)21(15-17-9-3-1-4-10-17)27-23(29)18-11-5-2-6-12-18/h1-14,21H,15-16H2,(H,26,28)(H,27,29)/t21-/m0/s1. The van der Waals surface area contributed by atoms with Crippen LogP contribution in [0.2, 0.25) is 0 Å². The van der Waals surface area contributed by atoms with E-state index in [1.54, 1.807) is 36.4 Å². The fraction of sp³-hybridized carbons (Fsp3) is 0.125. The molecule has 1 atom stereocenters. The topological polar surface area (TPSA) is 84.5 Å². The van der Waals surface area contributed by atoms with Crippen LogP contribution >= 0.6 is 0 Å². The Morgan fingerprint density at radius 3 is 2.13 bits per heavy atom. The molecule has 3 aromatic rings. The normalized spacial score (nSPS) is 11.3. The Morgan fingerprint density at radius 2 is 1.45 bits per heavy atom. The Labute approximate surface area is 179 Å². The van der Waals surface area contributed by atoms with Crippen molar-refractivity contribution in [2.45, 2.75) is 12.5 Å². The molecule has 0 radical (unpaired) electrons. The number of anilines is 1. The molecule has 0 unspecified atom stereocenters. The van der Waals surface area contributed by atoms with Gasteiger partial charge in [0.1, 0.15) is 11.9 Å². The second kappa shape index (κ2) is 10.7. The zero-order chi connectivity index (χ0) is 22.1. The summed E-state index contributed by atoms with van der Waals surface area (Å²) in [7, 11) is 0. The predicted octanol–water partition coefficient (Wildman–Crippen LogP) is 3.35. The molecule has 0 fully saturated rings. The molecule has 3 aromatic carbocycles. The van der Waals surface area contributed by atoms with Gasteiger partial charge in [-0.15, -0.1) is 0 Å². The van der Waals surface area contributed by atoms with Gasteiger partial charge >= 0.3 is 5.97 Å². The SMILES string of the molecule is O=C(COC(=O)[C@H](Cc1ccccc1)NC(=O)c1ccccc1)Nc1ccccc1F. The van der Waals surface area contributed by atoms with Gasteiger partial charge < -0.3 is 15.4 Å². The highest BCUT2D eigenvalue weighted by Gasteiger charge is 2.24. The Kier molecular flexibility index (Phi) is 7.48. The maximum atomic E-state index is 13.7. The van der Waals surface area contributed by atoms with Crippen molar-refractivity contribution >= 4 is 23.5 Å². The average Bonchev–Trinajstić information content (AvgIpc) is 2.80. The first-order valence-corrected chi connectivity index (χ1v) is 9.64. The molecule has 31 heavy (non-hydrogen) atoms. The van der Waals surface area contributed by atoms with Gasteiger partial charge in [-0.3, -0.25) is 9.59 Å². The van der Waals surface area contributed by atoms with Gasteiger partial charge in [-0.05, 0) is 29.8 Å². The maximum absolute atomic E-state index is 13.7. The molecule has 158 valence electrons. The van der Waals surface area contributed by atoms with E-state index in [0.717, 1.165) is 5.56 Å². The lowest BCUT2D eigenvalue weighted by atomic mass is 10.1. The van der Waals surface area contributed by atoms with Crippen LogP contribution in [-0.2, 0) is 20.7 Å². The first-order chi connectivity index (χ1) is 15.0. The smallest absolute Gasteiger partial charge is 0.329 e. The third-order valence-electron chi connectivity index (χ3n) is 4.40. The Balaban J connectivity index is 1.64. The quantitative estimate of drug-likeness (QED) is 0.548. The number of hydrogen-bond acceptors (Lipinski definition) is 4. The fourth-order valence-corrected chi connectivity index (χ4v) is 2.86. The summed E-state index contributed by atoms with van der Waals surface area (Å²) < 4.78 is 18.8. The number of halogens is 1.